The van der Waals surface area contributed by atoms with E-state index >= 15 is 0 Å². The Morgan fingerprint density at radius 1 is 1.40 bits per heavy atom. The predicted octanol–water partition coefficient (Wildman–Crippen LogP) is 2.52. The molecule has 4 heteroatoms. The topological polar surface area (TPSA) is 52.0 Å². The summed E-state index contributed by atoms with van der Waals surface area (Å²) < 4.78 is 0. The first-order chi connectivity index (χ1) is 7.06. The summed E-state index contributed by atoms with van der Waals surface area (Å²) >= 11 is 3.55. The van der Waals surface area contributed by atoms with Gasteiger partial charge >= 0.3 is 0 Å². The van der Waals surface area contributed by atoms with Gasteiger partial charge in [-0.1, -0.05) is 26.8 Å². The van der Waals surface area contributed by atoms with Gasteiger partial charge in [0.25, 0.3) is 0 Å². The van der Waals surface area contributed by atoms with Crippen LogP contribution in [0.4, 0.5) is 0 Å². The first kappa shape index (κ1) is 13.0. The summed E-state index contributed by atoms with van der Waals surface area (Å²) in [6.45, 7) is 6.42. The third kappa shape index (κ3) is 2.55. The maximum Gasteiger partial charge on any atom is 0.102 e. The van der Waals surface area contributed by atoms with Gasteiger partial charge in [0.05, 0.1) is 0 Å². The van der Waals surface area contributed by atoms with Crippen molar-refractivity contribution in [2.75, 3.05) is 11.5 Å². The lowest BCUT2D eigenvalue weighted by atomic mass is 9.95. The molecule has 2 nitrogen and oxygen atoms in total. The number of thioether (sulfide) groups is 2. The predicted molar refractivity (Wildman–Crippen MR) is 72.7 cm³/mol. The van der Waals surface area contributed by atoms with Crippen LogP contribution in [0.25, 0.3) is 0 Å². The van der Waals surface area contributed by atoms with Gasteiger partial charge in [0.15, 0.2) is 0 Å². The molecule has 0 fully saturated rings. The average molecular weight is 244 g/mol. The van der Waals surface area contributed by atoms with Gasteiger partial charge in [0, 0.05) is 16.5 Å². The van der Waals surface area contributed by atoms with E-state index in [0.717, 1.165) is 22.1 Å². The first-order valence-electron chi connectivity index (χ1n) is 5.30. The highest BCUT2D eigenvalue weighted by atomic mass is 32.2. The Morgan fingerprint density at radius 3 is 2.60 bits per heavy atom. The van der Waals surface area contributed by atoms with Gasteiger partial charge in [-0.15, -0.1) is 23.5 Å². The lowest BCUT2D eigenvalue weighted by Gasteiger charge is -2.38. The summed E-state index contributed by atoms with van der Waals surface area (Å²) in [7, 11) is 0. The minimum absolute atomic E-state index is 0.325. The maximum absolute atomic E-state index is 6.49. The summed E-state index contributed by atoms with van der Waals surface area (Å²) in [5.41, 5.74) is 13.3. The van der Waals surface area contributed by atoms with Crippen LogP contribution in [0.2, 0.25) is 0 Å². The Labute approximate surface area is 101 Å². The second-order valence-corrected chi connectivity index (χ2v) is 6.41. The highest BCUT2D eigenvalue weighted by Crippen LogP contribution is 2.44. The minimum Gasteiger partial charge on any atom is -0.398 e. The molecule has 15 heavy (non-hydrogen) atoms. The van der Waals surface area contributed by atoms with Crippen molar-refractivity contribution in [1.82, 2.24) is 0 Å². The van der Waals surface area contributed by atoms with Crippen LogP contribution < -0.4 is 11.5 Å². The number of hydrogen-bond donors (Lipinski definition) is 2. The Balaban J connectivity index is 3.04. The Morgan fingerprint density at radius 2 is 2.07 bits per heavy atom. The molecule has 0 amide bonds. The van der Waals surface area contributed by atoms with Crippen molar-refractivity contribution >= 4 is 23.5 Å². The van der Waals surface area contributed by atoms with Crippen LogP contribution >= 0.6 is 23.5 Å². The van der Waals surface area contributed by atoms with Gasteiger partial charge in [-0.3, -0.25) is 0 Å². The van der Waals surface area contributed by atoms with Crippen LogP contribution in [0.15, 0.2) is 22.8 Å². The highest BCUT2D eigenvalue weighted by molar-refractivity contribution is 8.06. The van der Waals surface area contributed by atoms with E-state index in [0.29, 0.717) is 5.92 Å². The summed E-state index contributed by atoms with van der Waals surface area (Å²) in [6.07, 6.45) is 4.10. The molecule has 0 aliphatic heterocycles. The van der Waals surface area contributed by atoms with Gasteiger partial charge < -0.3 is 11.5 Å². The third-order valence-corrected chi connectivity index (χ3v) is 5.15. The summed E-state index contributed by atoms with van der Waals surface area (Å²) in [4.78, 5) is 0.820. The molecule has 0 radical (unpaired) electrons. The molecule has 1 aliphatic rings. The largest absolute Gasteiger partial charge is 0.398 e. The fourth-order valence-electron chi connectivity index (χ4n) is 1.68. The zero-order valence-corrected chi connectivity index (χ0v) is 11.3. The van der Waals surface area contributed by atoms with Gasteiger partial charge in [0.1, 0.15) is 4.87 Å². The fraction of sp³-hybridized carbons (Fsp3) is 0.636. The van der Waals surface area contributed by atoms with E-state index in [2.05, 4.69) is 26.8 Å². The van der Waals surface area contributed by atoms with Crippen molar-refractivity contribution in [2.45, 2.75) is 25.6 Å². The van der Waals surface area contributed by atoms with E-state index in [1.54, 1.807) is 23.5 Å². The monoisotopic (exact) mass is 244 g/mol. The van der Waals surface area contributed by atoms with Gasteiger partial charge in [-0.2, -0.15) is 0 Å². The van der Waals surface area contributed by atoms with Crippen molar-refractivity contribution in [3.05, 3.63) is 22.8 Å². The zero-order chi connectivity index (χ0) is 11.5. The number of nitrogens with two attached hydrogens (primary N) is 2. The zero-order valence-electron chi connectivity index (χ0n) is 9.62. The average Bonchev–Trinajstić information content (AvgIpc) is 2.20. The molecule has 86 valence electrons. The van der Waals surface area contributed by atoms with Gasteiger partial charge in [-0.05, 0) is 17.6 Å². The summed E-state index contributed by atoms with van der Waals surface area (Å²) in [5, 5.41) is 0. The highest BCUT2D eigenvalue weighted by Gasteiger charge is 2.38. The molecule has 0 aromatic rings. The van der Waals surface area contributed by atoms with E-state index in [1.807, 2.05) is 6.08 Å². The molecule has 2 unspecified atom stereocenters. The van der Waals surface area contributed by atoms with Gasteiger partial charge in [-0.25, -0.2) is 0 Å². The van der Waals surface area contributed by atoms with E-state index in [4.69, 9.17) is 11.5 Å². The first-order valence-corrected chi connectivity index (χ1v) is 7.27. The molecule has 0 heterocycles. The van der Waals surface area contributed by atoms with Crippen LogP contribution in [0.3, 0.4) is 0 Å². The number of rotatable bonds is 4. The molecule has 0 spiro atoms. The second-order valence-electron chi connectivity index (χ2n) is 3.59. The van der Waals surface area contributed by atoms with Gasteiger partial charge in [0.2, 0.25) is 0 Å². The minimum atomic E-state index is -0.325. The quantitative estimate of drug-likeness (QED) is 0.746. The van der Waals surface area contributed by atoms with Crippen molar-refractivity contribution in [3.8, 4) is 0 Å². The Hall–Kier alpha value is -0.0600. The van der Waals surface area contributed by atoms with Crippen molar-refractivity contribution in [2.24, 2.45) is 17.4 Å². The van der Waals surface area contributed by atoms with Crippen LogP contribution in [0, 0.1) is 5.92 Å². The molecule has 0 saturated heterocycles. The molecule has 0 bridgehead atoms. The third-order valence-electron chi connectivity index (χ3n) is 2.53. The number of hydrogen-bond acceptors (Lipinski definition) is 4. The summed E-state index contributed by atoms with van der Waals surface area (Å²) in [5.74, 6) is 2.36. The molecule has 0 aromatic carbocycles. The van der Waals surface area contributed by atoms with Crippen molar-refractivity contribution in [3.63, 3.8) is 0 Å². The van der Waals surface area contributed by atoms with E-state index in [9.17, 15) is 0 Å². The molecular weight excluding hydrogens is 224 g/mol. The van der Waals surface area contributed by atoms with Crippen LogP contribution in [-0.2, 0) is 0 Å². The fourth-order valence-corrected chi connectivity index (χ4v) is 4.03. The van der Waals surface area contributed by atoms with E-state index < -0.39 is 0 Å². The molecule has 0 saturated carbocycles. The molecule has 4 N–H and O–H groups in total. The lowest BCUT2D eigenvalue weighted by Crippen LogP contribution is -2.46. The van der Waals surface area contributed by atoms with Crippen LogP contribution in [0.5, 0.6) is 0 Å². The van der Waals surface area contributed by atoms with Crippen molar-refractivity contribution in [1.29, 1.82) is 0 Å². The second kappa shape index (κ2) is 5.32. The SMILES string of the molecule is CCSC1=C(N)C=CC(C)C1(N)SCC. The molecule has 1 aliphatic carbocycles. The number of allylic oxidation sites excluding steroid dienone is 1. The molecule has 1 rings (SSSR count). The van der Waals surface area contributed by atoms with Crippen LogP contribution in [0.1, 0.15) is 20.8 Å². The van der Waals surface area contributed by atoms with E-state index in [1.165, 1.54) is 0 Å². The smallest absolute Gasteiger partial charge is 0.102 e. The standard InChI is InChI=1S/C11H20N2S2/c1-4-14-10-9(12)7-6-8(3)11(10,13)15-5-2/h6-8H,4-5,12-13H2,1-3H3. The summed E-state index contributed by atoms with van der Waals surface area (Å²) in [6, 6.07) is 0. The Kier molecular flexibility index (Phi) is 4.62. The molecular formula is C11H20N2S2. The molecule has 2 atom stereocenters. The molecule has 0 aromatic heterocycles. The van der Waals surface area contributed by atoms with Crippen molar-refractivity contribution < 1.29 is 0 Å². The maximum atomic E-state index is 6.49. The Bertz CT molecular complexity index is 286. The van der Waals surface area contributed by atoms with Crippen LogP contribution in [-0.4, -0.2) is 16.4 Å². The lowest BCUT2D eigenvalue weighted by molar-refractivity contribution is 0.563. The van der Waals surface area contributed by atoms with E-state index in [-0.39, 0.29) is 4.87 Å². The normalized spacial score (nSPS) is 31.1.